The van der Waals surface area contributed by atoms with Gasteiger partial charge in [0.1, 0.15) is 5.54 Å². The summed E-state index contributed by atoms with van der Waals surface area (Å²) in [5.41, 5.74) is -0.678. The first-order valence-corrected chi connectivity index (χ1v) is 6.90. The van der Waals surface area contributed by atoms with Crippen molar-refractivity contribution in [2.45, 2.75) is 31.8 Å². The maximum atomic E-state index is 11.2. The molecule has 5 heteroatoms. The van der Waals surface area contributed by atoms with Gasteiger partial charge in [-0.15, -0.1) is 0 Å². The minimum atomic E-state index is -0.704. The second-order valence-corrected chi connectivity index (χ2v) is 5.80. The number of nitrogens with one attached hydrogen (secondary N) is 1. The van der Waals surface area contributed by atoms with Gasteiger partial charge in [0.25, 0.3) is 0 Å². The van der Waals surface area contributed by atoms with E-state index in [0.717, 1.165) is 25.3 Å². The summed E-state index contributed by atoms with van der Waals surface area (Å²) in [4.78, 5) is 13.5. The molecule has 1 atom stereocenters. The van der Waals surface area contributed by atoms with Crippen LogP contribution in [0.2, 0.25) is 0 Å². The molecular weight excluding hydrogens is 224 g/mol. The van der Waals surface area contributed by atoms with Crippen molar-refractivity contribution >= 4 is 17.7 Å². The Morgan fingerprint density at radius 3 is 2.75 bits per heavy atom. The summed E-state index contributed by atoms with van der Waals surface area (Å²) in [7, 11) is 2.06. The SMILES string of the molecule is CC(C)N(C)CCNC1(C(=O)O)CCSC1. The third-order valence-electron chi connectivity index (χ3n) is 3.24. The Hall–Kier alpha value is -0.260. The standard InChI is InChI=1S/C11H22N2O2S/c1-9(2)13(3)6-5-12-11(10(14)15)4-7-16-8-11/h9,12H,4-8H2,1-3H3,(H,14,15). The number of aliphatic carboxylic acids is 1. The molecular formula is C11H22N2O2S. The summed E-state index contributed by atoms with van der Waals surface area (Å²) < 4.78 is 0. The first kappa shape index (κ1) is 13.8. The molecule has 0 aromatic heterocycles. The highest BCUT2D eigenvalue weighted by Gasteiger charge is 2.41. The topological polar surface area (TPSA) is 52.6 Å². The molecule has 0 aromatic rings. The average molecular weight is 246 g/mol. The van der Waals surface area contributed by atoms with Crippen molar-refractivity contribution < 1.29 is 9.90 Å². The molecule has 1 aliphatic rings. The Bertz CT molecular complexity index is 240. The molecule has 0 aliphatic carbocycles. The lowest BCUT2D eigenvalue weighted by Crippen LogP contribution is -2.54. The van der Waals surface area contributed by atoms with Gasteiger partial charge in [-0.1, -0.05) is 0 Å². The minimum Gasteiger partial charge on any atom is -0.480 e. The van der Waals surface area contributed by atoms with Crippen LogP contribution in [0.15, 0.2) is 0 Å². The van der Waals surface area contributed by atoms with Crippen molar-refractivity contribution in [3.05, 3.63) is 0 Å². The van der Waals surface area contributed by atoms with Gasteiger partial charge in [-0.2, -0.15) is 11.8 Å². The second kappa shape index (κ2) is 5.89. The van der Waals surface area contributed by atoms with Crippen LogP contribution < -0.4 is 5.32 Å². The van der Waals surface area contributed by atoms with Crippen LogP contribution in [-0.2, 0) is 4.79 Å². The highest BCUT2D eigenvalue weighted by Crippen LogP contribution is 2.27. The molecule has 0 bridgehead atoms. The van der Waals surface area contributed by atoms with Crippen LogP contribution in [0.1, 0.15) is 20.3 Å². The summed E-state index contributed by atoms with van der Waals surface area (Å²) in [5.74, 6) is 0.928. The zero-order chi connectivity index (χ0) is 12.2. The fraction of sp³-hybridized carbons (Fsp3) is 0.909. The second-order valence-electron chi connectivity index (χ2n) is 4.69. The first-order valence-electron chi connectivity index (χ1n) is 5.74. The number of likely N-dealkylation sites (N-methyl/N-ethyl adjacent to an activating group) is 1. The van der Waals surface area contributed by atoms with E-state index in [-0.39, 0.29) is 0 Å². The number of rotatable bonds is 6. The predicted molar refractivity (Wildman–Crippen MR) is 68.1 cm³/mol. The molecule has 16 heavy (non-hydrogen) atoms. The summed E-state index contributed by atoms with van der Waals surface area (Å²) in [5, 5.41) is 12.5. The molecule has 0 amide bonds. The first-order chi connectivity index (χ1) is 7.48. The predicted octanol–water partition coefficient (Wildman–Crippen LogP) is 0.877. The summed E-state index contributed by atoms with van der Waals surface area (Å²) in [6.45, 7) is 5.90. The molecule has 1 rings (SSSR count). The zero-order valence-electron chi connectivity index (χ0n) is 10.3. The van der Waals surface area contributed by atoms with Crippen LogP contribution in [0, 0.1) is 0 Å². The molecule has 4 nitrogen and oxygen atoms in total. The average Bonchev–Trinajstić information content (AvgIpc) is 2.67. The fourth-order valence-corrected chi connectivity index (χ4v) is 3.03. The lowest BCUT2D eigenvalue weighted by atomic mass is 9.99. The lowest BCUT2D eigenvalue weighted by Gasteiger charge is -2.27. The van der Waals surface area contributed by atoms with Crippen molar-refractivity contribution in [2.75, 3.05) is 31.6 Å². The molecule has 1 saturated heterocycles. The molecule has 1 unspecified atom stereocenters. The van der Waals surface area contributed by atoms with E-state index in [2.05, 4.69) is 31.1 Å². The smallest absolute Gasteiger partial charge is 0.324 e. The van der Waals surface area contributed by atoms with Crippen molar-refractivity contribution in [1.29, 1.82) is 0 Å². The van der Waals surface area contributed by atoms with Gasteiger partial charge in [-0.3, -0.25) is 10.1 Å². The van der Waals surface area contributed by atoms with Gasteiger partial charge >= 0.3 is 5.97 Å². The zero-order valence-corrected chi connectivity index (χ0v) is 11.1. The maximum absolute atomic E-state index is 11.2. The number of hydrogen-bond acceptors (Lipinski definition) is 4. The molecule has 1 heterocycles. The van der Waals surface area contributed by atoms with E-state index in [1.165, 1.54) is 0 Å². The van der Waals surface area contributed by atoms with Gasteiger partial charge in [0.05, 0.1) is 0 Å². The molecule has 0 aromatic carbocycles. The van der Waals surface area contributed by atoms with E-state index in [0.29, 0.717) is 11.8 Å². The van der Waals surface area contributed by atoms with Crippen molar-refractivity contribution in [1.82, 2.24) is 10.2 Å². The minimum absolute atomic E-state index is 0.500. The summed E-state index contributed by atoms with van der Waals surface area (Å²) >= 11 is 1.72. The van der Waals surface area contributed by atoms with E-state index in [1.807, 2.05) is 0 Å². The van der Waals surface area contributed by atoms with Crippen molar-refractivity contribution in [2.24, 2.45) is 0 Å². The van der Waals surface area contributed by atoms with Crippen LogP contribution in [0.5, 0.6) is 0 Å². The number of carbonyl (C=O) groups is 1. The van der Waals surface area contributed by atoms with E-state index >= 15 is 0 Å². The Balaban J connectivity index is 2.37. The van der Waals surface area contributed by atoms with Gasteiger partial charge in [-0.05, 0) is 33.1 Å². The van der Waals surface area contributed by atoms with Gasteiger partial charge in [0, 0.05) is 24.9 Å². The number of thioether (sulfide) groups is 1. The Morgan fingerprint density at radius 2 is 2.31 bits per heavy atom. The van der Waals surface area contributed by atoms with Crippen LogP contribution in [0.3, 0.4) is 0 Å². The molecule has 94 valence electrons. The summed E-state index contributed by atoms with van der Waals surface area (Å²) in [6, 6.07) is 0.500. The largest absolute Gasteiger partial charge is 0.480 e. The van der Waals surface area contributed by atoms with E-state index in [9.17, 15) is 9.90 Å². The normalized spacial score (nSPS) is 25.6. The maximum Gasteiger partial charge on any atom is 0.324 e. The van der Waals surface area contributed by atoms with Crippen molar-refractivity contribution in [3.63, 3.8) is 0 Å². The Morgan fingerprint density at radius 1 is 1.62 bits per heavy atom. The third-order valence-corrected chi connectivity index (χ3v) is 4.43. The summed E-state index contributed by atoms with van der Waals surface area (Å²) in [6.07, 6.45) is 0.735. The molecule has 2 N–H and O–H groups in total. The van der Waals surface area contributed by atoms with Crippen LogP contribution in [0.4, 0.5) is 0 Å². The van der Waals surface area contributed by atoms with Gasteiger partial charge < -0.3 is 10.0 Å². The van der Waals surface area contributed by atoms with Gasteiger partial charge in [-0.25, -0.2) is 0 Å². The number of nitrogens with zero attached hydrogens (tertiary/aromatic N) is 1. The quantitative estimate of drug-likeness (QED) is 0.728. The molecule has 0 saturated carbocycles. The Kier molecular flexibility index (Phi) is 5.08. The van der Waals surface area contributed by atoms with Gasteiger partial charge in [0.15, 0.2) is 0 Å². The monoisotopic (exact) mass is 246 g/mol. The molecule has 0 spiro atoms. The lowest BCUT2D eigenvalue weighted by molar-refractivity contribution is -0.143. The van der Waals surface area contributed by atoms with Gasteiger partial charge in [0.2, 0.25) is 0 Å². The molecule has 1 aliphatic heterocycles. The van der Waals surface area contributed by atoms with E-state index in [4.69, 9.17) is 0 Å². The number of carboxylic acid groups (broad SMARTS) is 1. The van der Waals surface area contributed by atoms with Crippen LogP contribution in [-0.4, -0.2) is 59.2 Å². The third kappa shape index (κ3) is 3.37. The Labute approximate surface area is 102 Å². The highest BCUT2D eigenvalue weighted by molar-refractivity contribution is 7.99. The molecule has 0 radical (unpaired) electrons. The van der Waals surface area contributed by atoms with Crippen molar-refractivity contribution in [3.8, 4) is 0 Å². The van der Waals surface area contributed by atoms with Crippen LogP contribution in [0.25, 0.3) is 0 Å². The van der Waals surface area contributed by atoms with E-state index < -0.39 is 11.5 Å². The number of carboxylic acids is 1. The highest BCUT2D eigenvalue weighted by atomic mass is 32.2. The van der Waals surface area contributed by atoms with Crippen LogP contribution >= 0.6 is 11.8 Å². The number of hydrogen-bond donors (Lipinski definition) is 2. The fourth-order valence-electron chi connectivity index (χ4n) is 1.68. The van der Waals surface area contributed by atoms with E-state index in [1.54, 1.807) is 11.8 Å². The molecule has 1 fully saturated rings.